The van der Waals surface area contributed by atoms with Gasteiger partial charge in [0.05, 0.1) is 5.92 Å². The first-order chi connectivity index (χ1) is 16.4. The van der Waals surface area contributed by atoms with Gasteiger partial charge in [-0.3, -0.25) is 9.59 Å². The van der Waals surface area contributed by atoms with E-state index in [-0.39, 0.29) is 30.1 Å². The summed E-state index contributed by atoms with van der Waals surface area (Å²) in [4.78, 5) is 34.1. The monoisotopic (exact) mass is 457 g/mol. The quantitative estimate of drug-likeness (QED) is 0.584. The van der Waals surface area contributed by atoms with Crippen molar-refractivity contribution in [2.45, 2.75) is 39.0 Å². The van der Waals surface area contributed by atoms with Gasteiger partial charge in [0.25, 0.3) is 0 Å². The third-order valence-electron chi connectivity index (χ3n) is 7.02. The molecule has 2 fully saturated rings. The number of aryl methyl sites for hydroxylation is 2. The largest absolute Gasteiger partial charge is 0.342 e. The Bertz CT molecular complexity index is 1210. The SMILES string of the molecule is [CH2]c1ccc(N2CC(C(=O)N3CCC(c4nc(-c5ccc(C)cc5)no4)CC3)CC2=O)cc1C. The summed E-state index contributed by atoms with van der Waals surface area (Å²) in [6, 6.07) is 13.8. The lowest BCUT2D eigenvalue weighted by atomic mass is 9.95. The molecule has 7 heteroatoms. The predicted molar refractivity (Wildman–Crippen MR) is 129 cm³/mol. The normalized spacial score (nSPS) is 19.1. The lowest BCUT2D eigenvalue weighted by Crippen LogP contribution is -2.42. The molecule has 0 aliphatic carbocycles. The van der Waals surface area contributed by atoms with Crippen molar-refractivity contribution >= 4 is 17.5 Å². The number of carbonyl (C=O) groups excluding carboxylic acids is 2. The van der Waals surface area contributed by atoms with Crippen LogP contribution < -0.4 is 4.90 Å². The van der Waals surface area contributed by atoms with Crippen LogP contribution in [0, 0.1) is 26.7 Å². The van der Waals surface area contributed by atoms with Gasteiger partial charge in [-0.2, -0.15) is 4.98 Å². The Morgan fingerprint density at radius 3 is 2.53 bits per heavy atom. The van der Waals surface area contributed by atoms with Crippen molar-refractivity contribution in [2.75, 3.05) is 24.5 Å². The van der Waals surface area contributed by atoms with Crippen LogP contribution in [0.1, 0.15) is 47.8 Å². The summed E-state index contributed by atoms with van der Waals surface area (Å²) in [5.74, 6) is 1.13. The summed E-state index contributed by atoms with van der Waals surface area (Å²) in [7, 11) is 0. The Balaban J connectivity index is 1.19. The van der Waals surface area contributed by atoms with Crippen LogP contribution in [0.15, 0.2) is 47.0 Å². The van der Waals surface area contributed by atoms with Crippen LogP contribution in [0.25, 0.3) is 11.4 Å². The first kappa shape index (κ1) is 22.3. The topological polar surface area (TPSA) is 79.5 Å². The average Bonchev–Trinajstić information content (AvgIpc) is 3.48. The van der Waals surface area contributed by atoms with Crippen molar-refractivity contribution < 1.29 is 14.1 Å². The molecule has 34 heavy (non-hydrogen) atoms. The predicted octanol–water partition coefficient (Wildman–Crippen LogP) is 4.29. The van der Waals surface area contributed by atoms with E-state index in [0.717, 1.165) is 35.2 Å². The van der Waals surface area contributed by atoms with E-state index in [1.807, 2.05) is 61.2 Å². The molecule has 2 aliphatic rings. The van der Waals surface area contributed by atoms with E-state index in [0.29, 0.717) is 31.3 Å². The molecule has 2 aromatic carbocycles. The van der Waals surface area contributed by atoms with Crippen LogP contribution in [-0.2, 0) is 9.59 Å². The number of nitrogens with zero attached hydrogens (tertiary/aromatic N) is 4. The zero-order valence-electron chi connectivity index (χ0n) is 19.7. The summed E-state index contributed by atoms with van der Waals surface area (Å²) in [6.07, 6.45) is 1.80. The number of likely N-dealkylation sites (tertiary alicyclic amines) is 1. The lowest BCUT2D eigenvalue weighted by molar-refractivity contribution is -0.136. The number of amides is 2. The first-order valence-electron chi connectivity index (χ1n) is 11.8. The van der Waals surface area contributed by atoms with Crippen molar-refractivity contribution in [3.8, 4) is 11.4 Å². The second-order valence-corrected chi connectivity index (χ2v) is 9.44. The van der Waals surface area contributed by atoms with Crippen LogP contribution in [-0.4, -0.2) is 46.5 Å². The standard InChI is InChI=1S/C27H29N4O3/c1-17-4-7-20(8-5-17)25-28-26(34-29-25)21-10-12-30(13-11-21)27(33)22-15-24(32)31(16-22)23-9-6-18(2)19(3)14-23/h4-9,14,21-22H,2,10-13,15-16H2,1,3H3. The van der Waals surface area contributed by atoms with Crippen LogP contribution in [0.2, 0.25) is 0 Å². The molecule has 3 heterocycles. The van der Waals surface area contributed by atoms with Gasteiger partial charge in [-0.25, -0.2) is 0 Å². The van der Waals surface area contributed by atoms with Crippen molar-refractivity contribution in [1.82, 2.24) is 15.0 Å². The van der Waals surface area contributed by atoms with Crippen molar-refractivity contribution in [3.63, 3.8) is 0 Å². The van der Waals surface area contributed by atoms with Crippen LogP contribution >= 0.6 is 0 Å². The third kappa shape index (κ3) is 4.34. The Kier molecular flexibility index (Phi) is 5.94. The molecule has 0 spiro atoms. The molecular weight excluding hydrogens is 428 g/mol. The highest BCUT2D eigenvalue weighted by molar-refractivity contribution is 6.00. The van der Waals surface area contributed by atoms with Crippen LogP contribution in [0.5, 0.6) is 0 Å². The first-order valence-corrected chi connectivity index (χ1v) is 11.8. The van der Waals surface area contributed by atoms with Gasteiger partial charge in [0.2, 0.25) is 23.5 Å². The van der Waals surface area contributed by atoms with Crippen LogP contribution in [0.3, 0.4) is 0 Å². The molecule has 1 atom stereocenters. The molecule has 7 nitrogen and oxygen atoms in total. The van der Waals surface area contributed by atoms with E-state index < -0.39 is 0 Å². The van der Waals surface area contributed by atoms with E-state index in [9.17, 15) is 9.59 Å². The maximum atomic E-state index is 13.2. The second kappa shape index (κ2) is 9.05. The van der Waals surface area contributed by atoms with Gasteiger partial charge in [0.15, 0.2) is 0 Å². The highest BCUT2D eigenvalue weighted by Gasteiger charge is 2.38. The number of aromatic nitrogens is 2. The molecule has 2 saturated heterocycles. The Hall–Kier alpha value is -3.48. The molecular formula is C27H29N4O3. The fraction of sp³-hybridized carbons (Fsp3) is 0.370. The molecule has 175 valence electrons. The van der Waals surface area contributed by atoms with Crippen molar-refractivity contribution in [2.24, 2.45) is 5.92 Å². The van der Waals surface area contributed by atoms with Gasteiger partial charge in [0.1, 0.15) is 0 Å². The molecule has 1 aromatic heterocycles. The van der Waals surface area contributed by atoms with Gasteiger partial charge in [-0.05, 0) is 56.9 Å². The molecule has 1 radical (unpaired) electrons. The lowest BCUT2D eigenvalue weighted by Gasteiger charge is -2.32. The zero-order valence-corrected chi connectivity index (χ0v) is 19.7. The molecule has 0 bridgehead atoms. The molecule has 0 N–H and O–H groups in total. The van der Waals surface area contributed by atoms with Gasteiger partial charge >= 0.3 is 0 Å². The number of benzene rings is 2. The highest BCUT2D eigenvalue weighted by Crippen LogP contribution is 2.32. The number of hydrogen-bond acceptors (Lipinski definition) is 5. The van der Waals surface area contributed by atoms with E-state index in [2.05, 4.69) is 17.1 Å². The minimum absolute atomic E-state index is 0.000978. The minimum atomic E-state index is -0.305. The molecule has 1 unspecified atom stereocenters. The fourth-order valence-corrected chi connectivity index (χ4v) is 4.80. The summed E-state index contributed by atoms with van der Waals surface area (Å²) in [6.45, 7) is 9.69. The maximum absolute atomic E-state index is 13.2. The van der Waals surface area contributed by atoms with Crippen LogP contribution in [0.4, 0.5) is 5.69 Å². The Labute approximate surface area is 199 Å². The van der Waals surface area contributed by atoms with Crippen molar-refractivity contribution in [3.05, 3.63) is 72.0 Å². The summed E-state index contributed by atoms with van der Waals surface area (Å²) in [5, 5.41) is 4.15. The second-order valence-electron chi connectivity index (χ2n) is 9.44. The average molecular weight is 458 g/mol. The van der Waals surface area contributed by atoms with E-state index in [1.165, 1.54) is 5.56 Å². The molecule has 2 aliphatic heterocycles. The van der Waals surface area contributed by atoms with Gasteiger partial charge < -0.3 is 14.3 Å². The summed E-state index contributed by atoms with van der Waals surface area (Å²) < 4.78 is 5.56. The minimum Gasteiger partial charge on any atom is -0.342 e. The summed E-state index contributed by atoms with van der Waals surface area (Å²) >= 11 is 0. The molecule has 2 amide bonds. The van der Waals surface area contributed by atoms with Gasteiger partial charge in [-0.1, -0.05) is 41.1 Å². The number of carbonyl (C=O) groups is 2. The van der Waals surface area contributed by atoms with E-state index in [1.54, 1.807) is 4.90 Å². The highest BCUT2D eigenvalue weighted by atomic mass is 16.5. The maximum Gasteiger partial charge on any atom is 0.230 e. The number of hydrogen-bond donors (Lipinski definition) is 0. The van der Waals surface area contributed by atoms with Crippen molar-refractivity contribution in [1.29, 1.82) is 0 Å². The fourth-order valence-electron chi connectivity index (χ4n) is 4.80. The van der Waals surface area contributed by atoms with E-state index in [4.69, 9.17) is 4.52 Å². The zero-order chi connectivity index (χ0) is 23.8. The third-order valence-corrected chi connectivity index (χ3v) is 7.02. The molecule has 5 rings (SSSR count). The summed E-state index contributed by atoms with van der Waals surface area (Å²) in [5.41, 5.74) is 4.93. The molecule has 3 aromatic rings. The van der Waals surface area contributed by atoms with Gasteiger partial charge in [-0.15, -0.1) is 0 Å². The Morgan fingerprint density at radius 2 is 1.82 bits per heavy atom. The molecule has 0 saturated carbocycles. The number of anilines is 1. The number of piperidine rings is 1. The van der Waals surface area contributed by atoms with Gasteiger partial charge in [0, 0.05) is 43.2 Å². The Morgan fingerprint density at radius 1 is 1.09 bits per heavy atom. The number of rotatable bonds is 4. The van der Waals surface area contributed by atoms with E-state index >= 15 is 0 Å². The smallest absolute Gasteiger partial charge is 0.230 e.